The van der Waals surface area contributed by atoms with E-state index in [0.29, 0.717) is 18.8 Å². The number of likely N-dealkylation sites (tertiary alicyclic amines) is 1. The monoisotopic (exact) mass is 380 g/mol. The maximum absolute atomic E-state index is 12.3. The Balaban J connectivity index is 1.48. The Labute approximate surface area is 164 Å². The van der Waals surface area contributed by atoms with Crippen LogP contribution in [-0.4, -0.2) is 35.8 Å². The van der Waals surface area contributed by atoms with Crippen LogP contribution in [0.3, 0.4) is 0 Å². The molecule has 0 bridgehead atoms. The zero-order valence-corrected chi connectivity index (χ0v) is 16.1. The van der Waals surface area contributed by atoms with Crippen LogP contribution in [0, 0.1) is 19.8 Å². The number of benzene rings is 2. The predicted octanol–water partition coefficient (Wildman–Crippen LogP) is 2.83. The largest absolute Gasteiger partial charge is 0.455 e. The van der Waals surface area contributed by atoms with Gasteiger partial charge in [-0.2, -0.15) is 0 Å². The van der Waals surface area contributed by atoms with Crippen LogP contribution in [0.25, 0.3) is 0 Å². The van der Waals surface area contributed by atoms with Gasteiger partial charge in [0.1, 0.15) is 0 Å². The first-order valence-electron chi connectivity index (χ1n) is 9.27. The van der Waals surface area contributed by atoms with E-state index in [4.69, 9.17) is 4.74 Å². The molecule has 1 N–H and O–H groups in total. The van der Waals surface area contributed by atoms with Crippen molar-refractivity contribution < 1.29 is 19.1 Å². The Morgan fingerprint density at radius 2 is 1.79 bits per heavy atom. The van der Waals surface area contributed by atoms with E-state index < -0.39 is 17.8 Å². The summed E-state index contributed by atoms with van der Waals surface area (Å²) >= 11 is 0. The summed E-state index contributed by atoms with van der Waals surface area (Å²) in [4.78, 5) is 38.2. The highest BCUT2D eigenvalue weighted by Crippen LogP contribution is 2.21. The number of aryl methyl sites for hydroxylation is 2. The van der Waals surface area contributed by atoms with Crippen LogP contribution in [-0.2, 0) is 25.7 Å². The number of ether oxygens (including phenoxy) is 1. The van der Waals surface area contributed by atoms with Crippen LogP contribution >= 0.6 is 0 Å². The Morgan fingerprint density at radius 3 is 2.46 bits per heavy atom. The average molecular weight is 380 g/mol. The van der Waals surface area contributed by atoms with E-state index in [2.05, 4.69) is 5.32 Å². The molecule has 28 heavy (non-hydrogen) atoms. The summed E-state index contributed by atoms with van der Waals surface area (Å²) in [6.45, 7) is 4.30. The van der Waals surface area contributed by atoms with E-state index >= 15 is 0 Å². The molecule has 6 nitrogen and oxygen atoms in total. The first-order chi connectivity index (χ1) is 13.4. The molecule has 1 saturated heterocycles. The van der Waals surface area contributed by atoms with Crippen molar-refractivity contribution in [3.05, 3.63) is 65.2 Å². The number of nitrogens with zero attached hydrogens (tertiary/aromatic N) is 1. The van der Waals surface area contributed by atoms with Gasteiger partial charge in [0.25, 0.3) is 5.91 Å². The number of esters is 1. The van der Waals surface area contributed by atoms with Gasteiger partial charge >= 0.3 is 5.97 Å². The number of hydrogen-bond acceptors (Lipinski definition) is 4. The second kappa shape index (κ2) is 8.69. The second-order valence-corrected chi connectivity index (χ2v) is 7.19. The molecule has 0 spiro atoms. The number of carbonyl (C=O) groups excluding carboxylic acids is 3. The van der Waals surface area contributed by atoms with Gasteiger partial charge in [-0.3, -0.25) is 14.4 Å². The molecule has 1 aliphatic heterocycles. The topological polar surface area (TPSA) is 75.7 Å². The molecule has 1 atom stereocenters. The maximum atomic E-state index is 12.3. The van der Waals surface area contributed by atoms with Crippen LogP contribution in [0.4, 0.5) is 5.69 Å². The Bertz CT molecular complexity index is 859. The highest BCUT2D eigenvalue weighted by Gasteiger charge is 2.35. The first-order valence-corrected chi connectivity index (χ1v) is 9.27. The summed E-state index contributed by atoms with van der Waals surface area (Å²) < 4.78 is 5.14. The number of rotatable bonds is 6. The lowest BCUT2D eigenvalue weighted by Gasteiger charge is -2.16. The average Bonchev–Trinajstić information content (AvgIpc) is 3.00. The van der Waals surface area contributed by atoms with E-state index in [0.717, 1.165) is 16.7 Å². The van der Waals surface area contributed by atoms with Crippen LogP contribution in [0.1, 0.15) is 23.1 Å². The fourth-order valence-corrected chi connectivity index (χ4v) is 3.39. The lowest BCUT2D eigenvalue weighted by atomic mass is 10.1. The molecule has 0 saturated carbocycles. The van der Waals surface area contributed by atoms with Crippen molar-refractivity contribution in [2.24, 2.45) is 5.92 Å². The molecular weight excluding hydrogens is 356 g/mol. The third kappa shape index (κ3) is 5.19. The zero-order chi connectivity index (χ0) is 20.1. The summed E-state index contributed by atoms with van der Waals surface area (Å²) in [7, 11) is 0. The molecule has 2 amide bonds. The molecule has 0 aliphatic carbocycles. The van der Waals surface area contributed by atoms with Gasteiger partial charge in [-0.25, -0.2) is 0 Å². The standard InChI is InChI=1S/C22H24N2O4/c1-15-8-16(2)10-19(9-15)23-20(25)14-28-22(27)18-11-21(26)24(13-18)12-17-6-4-3-5-7-17/h3-10,18H,11-14H2,1-2H3,(H,23,25)/t18-/m0/s1. The number of nitrogens with one attached hydrogen (secondary N) is 1. The minimum atomic E-state index is -0.537. The Kier molecular flexibility index (Phi) is 6.09. The molecule has 3 rings (SSSR count). The van der Waals surface area contributed by atoms with Crippen LogP contribution in [0.15, 0.2) is 48.5 Å². The van der Waals surface area contributed by atoms with Gasteiger partial charge in [0, 0.05) is 25.2 Å². The minimum Gasteiger partial charge on any atom is -0.455 e. The number of hydrogen-bond donors (Lipinski definition) is 1. The van der Waals surface area contributed by atoms with Gasteiger partial charge in [-0.15, -0.1) is 0 Å². The predicted molar refractivity (Wildman–Crippen MR) is 105 cm³/mol. The summed E-state index contributed by atoms with van der Waals surface area (Å²) in [6, 6.07) is 15.3. The SMILES string of the molecule is Cc1cc(C)cc(NC(=O)COC(=O)[C@H]2CC(=O)N(Cc3ccccc3)C2)c1. The van der Waals surface area contributed by atoms with Gasteiger partial charge in [0.2, 0.25) is 5.91 Å². The van der Waals surface area contributed by atoms with E-state index in [1.54, 1.807) is 4.90 Å². The summed E-state index contributed by atoms with van der Waals surface area (Å²) in [5.74, 6) is -1.53. The molecule has 0 aromatic heterocycles. The van der Waals surface area contributed by atoms with Crippen molar-refractivity contribution in [2.45, 2.75) is 26.8 Å². The smallest absolute Gasteiger partial charge is 0.311 e. The molecule has 146 valence electrons. The van der Waals surface area contributed by atoms with Crippen LogP contribution < -0.4 is 5.32 Å². The molecule has 0 unspecified atom stereocenters. The first kappa shape index (κ1) is 19.6. The van der Waals surface area contributed by atoms with Gasteiger partial charge < -0.3 is 15.0 Å². The normalized spacial score (nSPS) is 16.1. The third-order valence-corrected chi connectivity index (χ3v) is 4.62. The van der Waals surface area contributed by atoms with Crippen molar-refractivity contribution in [1.82, 2.24) is 4.90 Å². The van der Waals surface area contributed by atoms with Gasteiger partial charge in [-0.05, 0) is 42.7 Å². The lowest BCUT2D eigenvalue weighted by molar-refractivity contribution is -0.151. The number of anilines is 1. The maximum Gasteiger partial charge on any atom is 0.311 e. The molecule has 2 aromatic rings. The molecule has 1 fully saturated rings. The molecular formula is C22H24N2O4. The van der Waals surface area contributed by atoms with E-state index in [9.17, 15) is 14.4 Å². The minimum absolute atomic E-state index is 0.0782. The van der Waals surface area contributed by atoms with Crippen molar-refractivity contribution in [3.8, 4) is 0 Å². The van der Waals surface area contributed by atoms with E-state index in [1.807, 2.05) is 62.4 Å². The van der Waals surface area contributed by atoms with Crippen molar-refractivity contribution >= 4 is 23.5 Å². The Morgan fingerprint density at radius 1 is 1.11 bits per heavy atom. The van der Waals surface area contributed by atoms with Gasteiger partial charge in [0.15, 0.2) is 6.61 Å². The Hall–Kier alpha value is -3.15. The van der Waals surface area contributed by atoms with Crippen LogP contribution in [0.2, 0.25) is 0 Å². The van der Waals surface area contributed by atoms with Crippen molar-refractivity contribution in [1.29, 1.82) is 0 Å². The molecule has 1 heterocycles. The van der Waals surface area contributed by atoms with Gasteiger partial charge in [-0.1, -0.05) is 36.4 Å². The summed E-state index contributed by atoms with van der Waals surface area (Å²) in [5, 5.41) is 2.73. The molecule has 6 heteroatoms. The lowest BCUT2D eigenvalue weighted by Crippen LogP contribution is -2.28. The van der Waals surface area contributed by atoms with E-state index in [1.165, 1.54) is 0 Å². The zero-order valence-electron chi connectivity index (χ0n) is 16.1. The summed E-state index contributed by atoms with van der Waals surface area (Å²) in [5.41, 5.74) is 3.76. The quantitative estimate of drug-likeness (QED) is 0.782. The highest BCUT2D eigenvalue weighted by atomic mass is 16.5. The van der Waals surface area contributed by atoms with Crippen LogP contribution in [0.5, 0.6) is 0 Å². The fraction of sp³-hybridized carbons (Fsp3) is 0.318. The number of amides is 2. The summed E-state index contributed by atoms with van der Waals surface area (Å²) in [6.07, 6.45) is 0.115. The second-order valence-electron chi connectivity index (χ2n) is 7.19. The molecule has 1 aliphatic rings. The van der Waals surface area contributed by atoms with Crippen molar-refractivity contribution in [2.75, 3.05) is 18.5 Å². The van der Waals surface area contributed by atoms with E-state index in [-0.39, 0.29) is 18.9 Å². The van der Waals surface area contributed by atoms with Gasteiger partial charge in [0.05, 0.1) is 5.92 Å². The number of carbonyl (C=O) groups is 3. The third-order valence-electron chi connectivity index (χ3n) is 4.62. The fourth-order valence-electron chi connectivity index (χ4n) is 3.39. The molecule has 2 aromatic carbocycles. The van der Waals surface area contributed by atoms with Crippen molar-refractivity contribution in [3.63, 3.8) is 0 Å². The molecule has 0 radical (unpaired) electrons. The highest BCUT2D eigenvalue weighted by molar-refractivity contribution is 5.93.